The molecule has 0 saturated heterocycles. The first kappa shape index (κ1) is 14.0. The van der Waals surface area contributed by atoms with Crippen LogP contribution in [-0.4, -0.2) is 27.5 Å². The van der Waals surface area contributed by atoms with Gasteiger partial charge >= 0.3 is 0 Å². The maximum atomic E-state index is 12.7. The third-order valence-corrected chi connectivity index (χ3v) is 4.56. The molecule has 4 rings (SSSR count). The molecule has 5 nitrogen and oxygen atoms in total. The van der Waals surface area contributed by atoms with Gasteiger partial charge in [0.05, 0.1) is 11.7 Å². The quantitative estimate of drug-likeness (QED) is 0.762. The molecule has 0 saturated carbocycles. The van der Waals surface area contributed by atoms with Crippen LogP contribution in [0.25, 0.3) is 10.9 Å². The Morgan fingerprint density at radius 1 is 1.22 bits per heavy atom. The molecule has 0 spiro atoms. The minimum absolute atomic E-state index is 0.0193. The maximum absolute atomic E-state index is 12.7. The molecule has 0 bridgehead atoms. The zero-order valence-corrected chi connectivity index (χ0v) is 12.7. The topological polar surface area (TPSA) is 75.0 Å². The van der Waals surface area contributed by atoms with E-state index in [1.807, 2.05) is 47.5 Å². The van der Waals surface area contributed by atoms with Crippen molar-refractivity contribution in [1.82, 2.24) is 15.1 Å². The summed E-state index contributed by atoms with van der Waals surface area (Å²) in [5.74, 6) is -0.0193. The molecule has 5 heteroatoms. The minimum atomic E-state index is -0.601. The Morgan fingerprint density at radius 2 is 2.04 bits per heavy atom. The molecular weight excluding hydrogens is 288 g/mol. The lowest BCUT2D eigenvalue weighted by molar-refractivity contribution is -0.133. The summed E-state index contributed by atoms with van der Waals surface area (Å²) in [5.41, 5.74) is 10.5. The summed E-state index contributed by atoms with van der Waals surface area (Å²) in [6, 6.07) is 13.0. The van der Waals surface area contributed by atoms with Crippen LogP contribution < -0.4 is 5.73 Å². The lowest BCUT2D eigenvalue weighted by Gasteiger charge is -2.31. The first-order chi connectivity index (χ1) is 11.2. The third kappa shape index (κ3) is 2.39. The smallest absolute Gasteiger partial charge is 0.244 e. The zero-order valence-electron chi connectivity index (χ0n) is 12.7. The lowest BCUT2D eigenvalue weighted by Crippen LogP contribution is -2.41. The van der Waals surface area contributed by atoms with Crippen LogP contribution >= 0.6 is 0 Å². The van der Waals surface area contributed by atoms with Gasteiger partial charge in [-0.05, 0) is 29.2 Å². The molecule has 2 heterocycles. The predicted octanol–water partition coefficient (Wildman–Crippen LogP) is 2.15. The van der Waals surface area contributed by atoms with Gasteiger partial charge < -0.3 is 10.6 Å². The number of amides is 1. The first-order valence-corrected chi connectivity index (χ1v) is 7.77. The normalized spacial score (nSPS) is 15.4. The average Bonchev–Trinajstić information content (AvgIpc) is 3.10. The van der Waals surface area contributed by atoms with Crippen molar-refractivity contribution in [3.8, 4) is 0 Å². The van der Waals surface area contributed by atoms with E-state index in [4.69, 9.17) is 5.73 Å². The van der Waals surface area contributed by atoms with Crippen LogP contribution in [0.5, 0.6) is 0 Å². The van der Waals surface area contributed by atoms with Gasteiger partial charge in [0.2, 0.25) is 5.91 Å². The molecule has 23 heavy (non-hydrogen) atoms. The van der Waals surface area contributed by atoms with Crippen LogP contribution in [0.1, 0.15) is 22.7 Å². The Hall–Kier alpha value is -2.66. The number of aromatic nitrogens is 2. The van der Waals surface area contributed by atoms with Crippen molar-refractivity contribution in [2.75, 3.05) is 6.54 Å². The molecule has 1 atom stereocenters. The van der Waals surface area contributed by atoms with Crippen molar-refractivity contribution >= 4 is 16.8 Å². The second kappa shape index (κ2) is 5.52. The van der Waals surface area contributed by atoms with E-state index in [9.17, 15) is 4.79 Å². The van der Waals surface area contributed by atoms with Crippen LogP contribution in [0.4, 0.5) is 0 Å². The summed E-state index contributed by atoms with van der Waals surface area (Å²) in [6.45, 7) is 1.30. The van der Waals surface area contributed by atoms with Crippen molar-refractivity contribution < 1.29 is 4.79 Å². The number of nitrogens with zero attached hydrogens (tertiary/aromatic N) is 2. The number of rotatable bonds is 2. The zero-order chi connectivity index (χ0) is 15.8. The Morgan fingerprint density at radius 3 is 2.87 bits per heavy atom. The number of hydrogen-bond acceptors (Lipinski definition) is 3. The van der Waals surface area contributed by atoms with E-state index in [0.29, 0.717) is 13.1 Å². The number of aromatic amines is 1. The fourth-order valence-electron chi connectivity index (χ4n) is 3.28. The van der Waals surface area contributed by atoms with E-state index in [1.165, 1.54) is 11.1 Å². The van der Waals surface area contributed by atoms with Gasteiger partial charge in [-0.2, -0.15) is 5.10 Å². The van der Waals surface area contributed by atoms with Gasteiger partial charge in [-0.15, -0.1) is 0 Å². The van der Waals surface area contributed by atoms with E-state index in [2.05, 4.69) is 16.3 Å². The number of nitrogens with one attached hydrogen (secondary N) is 1. The second-order valence-electron chi connectivity index (χ2n) is 5.93. The maximum Gasteiger partial charge on any atom is 0.244 e. The van der Waals surface area contributed by atoms with Gasteiger partial charge in [0.15, 0.2) is 0 Å². The van der Waals surface area contributed by atoms with Crippen LogP contribution in [0.2, 0.25) is 0 Å². The highest BCUT2D eigenvalue weighted by Crippen LogP contribution is 2.27. The Bertz CT molecular complexity index is 856. The van der Waals surface area contributed by atoms with Gasteiger partial charge in [0.25, 0.3) is 0 Å². The van der Waals surface area contributed by atoms with Crippen molar-refractivity contribution in [1.29, 1.82) is 0 Å². The summed E-state index contributed by atoms with van der Waals surface area (Å²) in [5, 5.41) is 8.25. The predicted molar refractivity (Wildman–Crippen MR) is 88.6 cm³/mol. The van der Waals surface area contributed by atoms with Gasteiger partial charge in [-0.3, -0.25) is 9.89 Å². The Balaban J connectivity index is 1.59. The molecule has 3 aromatic rings. The van der Waals surface area contributed by atoms with Crippen molar-refractivity contribution in [3.63, 3.8) is 0 Å². The summed E-state index contributed by atoms with van der Waals surface area (Å²) in [7, 11) is 0. The number of fused-ring (bicyclic) bond motifs is 3. The van der Waals surface area contributed by atoms with Crippen LogP contribution in [0.15, 0.2) is 48.7 Å². The van der Waals surface area contributed by atoms with E-state index in [1.54, 1.807) is 0 Å². The average molecular weight is 306 g/mol. The number of hydrogen-bond donors (Lipinski definition) is 2. The van der Waals surface area contributed by atoms with E-state index < -0.39 is 6.04 Å². The monoisotopic (exact) mass is 306 g/mol. The molecule has 1 aromatic heterocycles. The third-order valence-electron chi connectivity index (χ3n) is 4.56. The second-order valence-corrected chi connectivity index (χ2v) is 5.93. The number of H-pyrrole nitrogens is 1. The standard InChI is InChI=1S/C18H18N4O/c19-17(12-4-2-1-3-5-12)18(23)22-9-8-14-13(11-22)6-7-16-15(14)10-20-21-16/h1-7,10,17H,8-9,11,19H2,(H,20,21). The van der Waals surface area contributed by atoms with E-state index >= 15 is 0 Å². The van der Waals surface area contributed by atoms with Crippen molar-refractivity contribution in [3.05, 3.63) is 65.4 Å². The lowest BCUT2D eigenvalue weighted by atomic mass is 9.95. The molecule has 0 fully saturated rings. The molecule has 2 aromatic carbocycles. The number of benzene rings is 2. The summed E-state index contributed by atoms with van der Waals surface area (Å²) in [4.78, 5) is 14.6. The van der Waals surface area contributed by atoms with Crippen molar-refractivity contribution in [2.45, 2.75) is 19.0 Å². The van der Waals surface area contributed by atoms with E-state index in [0.717, 1.165) is 22.9 Å². The largest absolute Gasteiger partial charge is 0.336 e. The Kier molecular flexibility index (Phi) is 3.35. The minimum Gasteiger partial charge on any atom is -0.336 e. The van der Waals surface area contributed by atoms with Crippen LogP contribution in [-0.2, 0) is 17.8 Å². The molecule has 1 unspecified atom stereocenters. The molecule has 0 aliphatic carbocycles. The van der Waals surface area contributed by atoms with Crippen molar-refractivity contribution in [2.24, 2.45) is 5.73 Å². The van der Waals surface area contributed by atoms with Gasteiger partial charge in [-0.25, -0.2) is 0 Å². The molecule has 1 amide bonds. The molecular formula is C18H18N4O. The SMILES string of the molecule is NC(C(=O)N1CCc2c(ccc3[nH]ncc23)C1)c1ccccc1. The number of carbonyl (C=O) groups is 1. The summed E-state index contributed by atoms with van der Waals surface area (Å²) in [6.07, 6.45) is 2.70. The summed E-state index contributed by atoms with van der Waals surface area (Å²) >= 11 is 0. The first-order valence-electron chi connectivity index (χ1n) is 7.77. The van der Waals surface area contributed by atoms with Crippen LogP contribution in [0.3, 0.4) is 0 Å². The summed E-state index contributed by atoms with van der Waals surface area (Å²) < 4.78 is 0. The number of carbonyl (C=O) groups excluding carboxylic acids is 1. The van der Waals surface area contributed by atoms with Gasteiger partial charge in [0, 0.05) is 18.5 Å². The number of nitrogens with two attached hydrogens (primary N) is 1. The highest BCUT2D eigenvalue weighted by molar-refractivity contribution is 5.86. The Labute approximate surface area is 134 Å². The van der Waals surface area contributed by atoms with Gasteiger partial charge in [0.1, 0.15) is 6.04 Å². The molecule has 1 aliphatic heterocycles. The highest BCUT2D eigenvalue weighted by atomic mass is 16.2. The molecule has 1 aliphatic rings. The highest BCUT2D eigenvalue weighted by Gasteiger charge is 2.26. The molecule has 116 valence electrons. The molecule has 3 N–H and O–H groups in total. The fourth-order valence-corrected chi connectivity index (χ4v) is 3.28. The van der Waals surface area contributed by atoms with E-state index in [-0.39, 0.29) is 5.91 Å². The van der Waals surface area contributed by atoms with Gasteiger partial charge in [-0.1, -0.05) is 36.4 Å². The van der Waals surface area contributed by atoms with Crippen LogP contribution in [0, 0.1) is 0 Å². The molecule has 0 radical (unpaired) electrons. The fraction of sp³-hybridized carbons (Fsp3) is 0.222.